The summed E-state index contributed by atoms with van der Waals surface area (Å²) in [5.41, 5.74) is -0.191. The van der Waals surface area contributed by atoms with Crippen molar-refractivity contribution in [1.29, 1.82) is 0 Å². The Morgan fingerprint density at radius 3 is 2.64 bits per heavy atom. The zero-order valence-electron chi connectivity index (χ0n) is 12.2. The highest BCUT2D eigenvalue weighted by Gasteiger charge is 2.22. The molecule has 0 unspecified atom stereocenters. The Bertz CT molecular complexity index is 778. The largest absolute Gasteiger partial charge is 0.493 e. The van der Waals surface area contributed by atoms with Gasteiger partial charge in [0.25, 0.3) is 5.91 Å². The second-order valence-corrected chi connectivity index (χ2v) is 6.24. The minimum absolute atomic E-state index is 0.0783. The summed E-state index contributed by atoms with van der Waals surface area (Å²) in [6, 6.07) is 5.11. The van der Waals surface area contributed by atoms with E-state index in [9.17, 15) is 9.59 Å². The molecule has 1 aromatic carbocycles. The fraction of sp³-hybridized carbons (Fsp3) is 0.375. The summed E-state index contributed by atoms with van der Waals surface area (Å²) >= 11 is 3.39. The summed E-state index contributed by atoms with van der Waals surface area (Å²) in [6.07, 6.45) is 3.08. The zero-order chi connectivity index (χ0) is 15.7. The van der Waals surface area contributed by atoms with E-state index in [0.717, 1.165) is 23.7 Å². The fourth-order valence-corrected chi connectivity index (χ4v) is 3.19. The maximum Gasteiger partial charge on any atom is 0.349 e. The summed E-state index contributed by atoms with van der Waals surface area (Å²) in [5.74, 6) is 0.202. The molecule has 22 heavy (non-hydrogen) atoms. The van der Waals surface area contributed by atoms with Crippen LogP contribution in [-0.4, -0.2) is 31.0 Å². The summed E-state index contributed by atoms with van der Waals surface area (Å²) in [5, 5.41) is 0.659. The first kappa shape index (κ1) is 15.1. The first-order chi connectivity index (χ1) is 10.6. The number of piperidine rings is 1. The van der Waals surface area contributed by atoms with Crippen LogP contribution in [0, 0.1) is 0 Å². The van der Waals surface area contributed by atoms with Gasteiger partial charge in [-0.15, -0.1) is 0 Å². The first-order valence-corrected chi connectivity index (χ1v) is 8.00. The van der Waals surface area contributed by atoms with Crippen molar-refractivity contribution >= 4 is 32.8 Å². The van der Waals surface area contributed by atoms with E-state index in [0.29, 0.717) is 29.8 Å². The van der Waals surface area contributed by atoms with Crippen molar-refractivity contribution in [2.45, 2.75) is 19.3 Å². The highest BCUT2D eigenvalue weighted by atomic mass is 79.9. The van der Waals surface area contributed by atoms with Gasteiger partial charge in [0.1, 0.15) is 5.56 Å². The number of halogens is 1. The second kappa shape index (κ2) is 6.12. The Labute approximate surface area is 136 Å². The van der Waals surface area contributed by atoms with Crippen molar-refractivity contribution in [3.05, 3.63) is 38.7 Å². The normalized spacial score (nSPS) is 15.1. The van der Waals surface area contributed by atoms with Crippen molar-refractivity contribution in [3.8, 4) is 5.75 Å². The summed E-state index contributed by atoms with van der Waals surface area (Å²) in [7, 11) is 1.51. The standard InChI is InChI=1S/C16H16BrNO4/c1-21-13-9-11(17)7-10-8-12(16(20)22-14(10)13)15(19)18-5-3-2-4-6-18/h7-9H,2-6H2,1H3. The van der Waals surface area contributed by atoms with Gasteiger partial charge in [-0.3, -0.25) is 4.79 Å². The van der Waals surface area contributed by atoms with Crippen LogP contribution >= 0.6 is 15.9 Å². The number of carbonyl (C=O) groups excluding carboxylic acids is 1. The number of carbonyl (C=O) groups is 1. The molecular formula is C16H16BrNO4. The Hall–Kier alpha value is -1.82. The molecule has 0 bridgehead atoms. The van der Waals surface area contributed by atoms with E-state index in [2.05, 4.69) is 15.9 Å². The number of nitrogens with zero attached hydrogens (tertiary/aromatic N) is 1. The summed E-state index contributed by atoms with van der Waals surface area (Å²) in [6.45, 7) is 1.39. The molecule has 116 valence electrons. The van der Waals surface area contributed by atoms with Crippen LogP contribution in [0.3, 0.4) is 0 Å². The molecular weight excluding hydrogens is 350 g/mol. The van der Waals surface area contributed by atoms with Crippen molar-refractivity contribution in [1.82, 2.24) is 4.90 Å². The first-order valence-electron chi connectivity index (χ1n) is 7.21. The molecule has 5 nitrogen and oxygen atoms in total. The van der Waals surface area contributed by atoms with E-state index in [1.54, 1.807) is 23.1 Å². The lowest BCUT2D eigenvalue weighted by Gasteiger charge is -2.26. The van der Waals surface area contributed by atoms with E-state index in [-0.39, 0.29) is 11.5 Å². The van der Waals surface area contributed by atoms with E-state index in [4.69, 9.17) is 9.15 Å². The van der Waals surface area contributed by atoms with Gasteiger partial charge >= 0.3 is 5.63 Å². The third kappa shape index (κ3) is 2.75. The number of methoxy groups -OCH3 is 1. The monoisotopic (exact) mass is 365 g/mol. The molecule has 0 atom stereocenters. The molecule has 3 rings (SSSR count). The van der Waals surface area contributed by atoms with E-state index >= 15 is 0 Å². The summed E-state index contributed by atoms with van der Waals surface area (Å²) in [4.78, 5) is 26.4. The Kier molecular flexibility index (Phi) is 4.20. The molecule has 1 fully saturated rings. The van der Waals surface area contributed by atoms with Crippen LogP contribution in [0.1, 0.15) is 29.6 Å². The van der Waals surface area contributed by atoms with Gasteiger partial charge in [0.05, 0.1) is 7.11 Å². The van der Waals surface area contributed by atoms with Crippen molar-refractivity contribution in [3.63, 3.8) is 0 Å². The van der Waals surface area contributed by atoms with E-state index in [1.807, 2.05) is 0 Å². The van der Waals surface area contributed by atoms with Crippen LogP contribution in [0.4, 0.5) is 0 Å². The predicted octanol–water partition coefficient (Wildman–Crippen LogP) is 3.19. The third-order valence-corrected chi connectivity index (χ3v) is 4.31. The smallest absolute Gasteiger partial charge is 0.349 e. The molecule has 0 N–H and O–H groups in total. The molecule has 2 heterocycles. The molecule has 0 radical (unpaired) electrons. The average Bonchev–Trinajstić information content (AvgIpc) is 2.54. The van der Waals surface area contributed by atoms with Gasteiger partial charge in [0.15, 0.2) is 11.3 Å². The van der Waals surface area contributed by atoms with Gasteiger partial charge in [-0.25, -0.2) is 4.79 Å². The molecule has 2 aromatic rings. The molecule has 0 saturated carbocycles. The maximum absolute atomic E-state index is 12.5. The van der Waals surface area contributed by atoms with Gasteiger partial charge in [0, 0.05) is 22.9 Å². The van der Waals surface area contributed by atoms with Gasteiger partial charge in [-0.2, -0.15) is 0 Å². The van der Waals surface area contributed by atoms with Gasteiger partial charge in [-0.1, -0.05) is 15.9 Å². The number of likely N-dealkylation sites (tertiary alicyclic amines) is 1. The molecule has 1 aliphatic heterocycles. The summed E-state index contributed by atoms with van der Waals surface area (Å²) < 4.78 is 11.3. The van der Waals surface area contributed by atoms with Crippen LogP contribution in [-0.2, 0) is 0 Å². The molecule has 6 heteroatoms. The molecule has 1 aliphatic rings. The van der Waals surface area contributed by atoms with Crippen LogP contribution in [0.2, 0.25) is 0 Å². The minimum Gasteiger partial charge on any atom is -0.493 e. The molecule has 0 aliphatic carbocycles. The quantitative estimate of drug-likeness (QED) is 0.766. The van der Waals surface area contributed by atoms with Gasteiger partial charge < -0.3 is 14.1 Å². The van der Waals surface area contributed by atoms with E-state index in [1.165, 1.54) is 7.11 Å². The molecule has 1 amide bonds. The lowest BCUT2D eigenvalue weighted by molar-refractivity contribution is 0.0720. The van der Waals surface area contributed by atoms with Crippen LogP contribution in [0.15, 0.2) is 31.9 Å². The zero-order valence-corrected chi connectivity index (χ0v) is 13.8. The number of rotatable bonds is 2. The molecule has 1 aromatic heterocycles. The predicted molar refractivity (Wildman–Crippen MR) is 86.5 cm³/mol. The SMILES string of the molecule is COc1cc(Br)cc2cc(C(=O)N3CCCCC3)c(=O)oc12. The Balaban J connectivity index is 2.09. The third-order valence-electron chi connectivity index (χ3n) is 3.86. The highest BCUT2D eigenvalue weighted by molar-refractivity contribution is 9.10. The number of hydrogen-bond acceptors (Lipinski definition) is 4. The van der Waals surface area contributed by atoms with Crippen LogP contribution < -0.4 is 10.4 Å². The Morgan fingerprint density at radius 2 is 1.95 bits per heavy atom. The van der Waals surface area contributed by atoms with Crippen LogP contribution in [0.25, 0.3) is 11.0 Å². The van der Waals surface area contributed by atoms with Crippen molar-refractivity contribution < 1.29 is 13.9 Å². The molecule has 1 saturated heterocycles. The lowest BCUT2D eigenvalue weighted by Crippen LogP contribution is -2.37. The second-order valence-electron chi connectivity index (χ2n) is 5.33. The van der Waals surface area contributed by atoms with Crippen LogP contribution in [0.5, 0.6) is 5.75 Å². The number of ether oxygens (including phenoxy) is 1. The lowest BCUT2D eigenvalue weighted by atomic mass is 10.1. The molecule has 0 spiro atoms. The number of benzene rings is 1. The number of fused-ring (bicyclic) bond motifs is 1. The van der Waals surface area contributed by atoms with Gasteiger partial charge in [0.2, 0.25) is 0 Å². The highest BCUT2D eigenvalue weighted by Crippen LogP contribution is 2.29. The van der Waals surface area contributed by atoms with Gasteiger partial charge in [-0.05, 0) is 37.5 Å². The van der Waals surface area contributed by atoms with Crippen molar-refractivity contribution in [2.24, 2.45) is 0 Å². The maximum atomic E-state index is 12.5. The minimum atomic E-state index is -0.622. The van der Waals surface area contributed by atoms with E-state index < -0.39 is 5.63 Å². The fourth-order valence-electron chi connectivity index (χ4n) is 2.74. The number of amides is 1. The average molecular weight is 366 g/mol. The topological polar surface area (TPSA) is 59.8 Å². The number of hydrogen-bond donors (Lipinski definition) is 0. The van der Waals surface area contributed by atoms with Crippen molar-refractivity contribution in [2.75, 3.05) is 20.2 Å². The Morgan fingerprint density at radius 1 is 1.23 bits per heavy atom.